The van der Waals surface area contributed by atoms with E-state index in [0.29, 0.717) is 17.9 Å². The van der Waals surface area contributed by atoms with Gasteiger partial charge in [-0.3, -0.25) is 9.69 Å². The third kappa shape index (κ3) is 0.974. The van der Waals surface area contributed by atoms with Gasteiger partial charge in [-0.05, 0) is 19.9 Å². The van der Waals surface area contributed by atoms with E-state index in [-0.39, 0.29) is 5.91 Å². The minimum Gasteiger partial charge on any atom is -0.375 e. The highest BCUT2D eigenvalue weighted by Gasteiger charge is 2.46. The zero-order valence-electron chi connectivity index (χ0n) is 8.19. The van der Waals surface area contributed by atoms with Crippen LogP contribution in [-0.2, 0) is 10.4 Å². The van der Waals surface area contributed by atoms with Crippen LogP contribution in [0, 0.1) is 0 Å². The molecule has 1 aliphatic rings. The lowest BCUT2D eigenvalue weighted by atomic mass is 10.00. The molecule has 14 heavy (non-hydrogen) atoms. The van der Waals surface area contributed by atoms with Gasteiger partial charge in [0.05, 0.1) is 0 Å². The maximum absolute atomic E-state index is 11.8. The Kier molecular flexibility index (Phi) is 1.82. The number of nitrogens with zero attached hydrogens (tertiary/aromatic N) is 2. The summed E-state index contributed by atoms with van der Waals surface area (Å²) in [5, 5.41) is 9.99. The molecular weight excluding hydrogens is 180 g/mol. The summed E-state index contributed by atoms with van der Waals surface area (Å²) in [5.41, 5.74) is -0.827. The van der Waals surface area contributed by atoms with Crippen LogP contribution in [0.1, 0.15) is 19.4 Å². The van der Waals surface area contributed by atoms with E-state index in [0.717, 1.165) is 0 Å². The summed E-state index contributed by atoms with van der Waals surface area (Å²) < 4.78 is 0. The first kappa shape index (κ1) is 9.15. The van der Waals surface area contributed by atoms with Crippen LogP contribution >= 0.6 is 0 Å². The average molecular weight is 192 g/mol. The van der Waals surface area contributed by atoms with Crippen molar-refractivity contribution in [3.05, 3.63) is 23.9 Å². The fourth-order valence-electron chi connectivity index (χ4n) is 1.76. The Balaban J connectivity index is 2.62. The highest BCUT2D eigenvalue weighted by atomic mass is 16.3. The van der Waals surface area contributed by atoms with Crippen LogP contribution in [0.2, 0.25) is 0 Å². The topological polar surface area (TPSA) is 53.4 Å². The molecular formula is C10H12N2O2. The number of anilines is 1. The normalized spacial score (nSPS) is 25.4. The van der Waals surface area contributed by atoms with Gasteiger partial charge in [0.25, 0.3) is 5.91 Å². The van der Waals surface area contributed by atoms with Crippen molar-refractivity contribution in [1.82, 2.24) is 4.98 Å². The molecule has 1 aliphatic heterocycles. The number of fused-ring (bicyclic) bond motifs is 1. The van der Waals surface area contributed by atoms with E-state index < -0.39 is 5.60 Å². The summed E-state index contributed by atoms with van der Waals surface area (Å²) in [6, 6.07) is 3.45. The monoisotopic (exact) mass is 192 g/mol. The molecule has 1 aromatic rings. The molecule has 0 saturated heterocycles. The zero-order valence-corrected chi connectivity index (χ0v) is 8.19. The van der Waals surface area contributed by atoms with Gasteiger partial charge in [0, 0.05) is 18.3 Å². The van der Waals surface area contributed by atoms with E-state index >= 15 is 0 Å². The number of pyridine rings is 1. The number of likely N-dealkylation sites (N-methyl/N-ethyl adjacent to an activating group) is 1. The summed E-state index contributed by atoms with van der Waals surface area (Å²) in [6.07, 6.45) is 1.62. The minimum absolute atomic E-state index is 0.297. The largest absolute Gasteiger partial charge is 0.375 e. The number of aromatic nitrogens is 1. The van der Waals surface area contributed by atoms with Crippen molar-refractivity contribution in [2.24, 2.45) is 0 Å². The molecule has 2 rings (SSSR count). The van der Waals surface area contributed by atoms with Crippen molar-refractivity contribution in [3.8, 4) is 0 Å². The molecule has 0 aromatic carbocycles. The molecule has 1 aromatic heterocycles. The number of rotatable bonds is 1. The number of carbonyl (C=O) groups excluding carboxylic acids is 1. The molecule has 0 fully saturated rings. The van der Waals surface area contributed by atoms with Crippen molar-refractivity contribution in [3.63, 3.8) is 0 Å². The van der Waals surface area contributed by atoms with Gasteiger partial charge in [0.1, 0.15) is 5.82 Å². The Labute approximate surface area is 82.2 Å². The second-order valence-electron chi connectivity index (χ2n) is 3.50. The Bertz CT molecular complexity index is 387. The Morgan fingerprint density at radius 2 is 2.36 bits per heavy atom. The molecule has 0 bridgehead atoms. The van der Waals surface area contributed by atoms with Crippen LogP contribution in [0.25, 0.3) is 0 Å². The lowest BCUT2D eigenvalue weighted by Crippen LogP contribution is -2.37. The fraction of sp³-hybridized carbons (Fsp3) is 0.400. The number of amides is 1. The van der Waals surface area contributed by atoms with Crippen LogP contribution in [0.3, 0.4) is 0 Å². The van der Waals surface area contributed by atoms with Crippen LogP contribution < -0.4 is 4.90 Å². The van der Waals surface area contributed by atoms with E-state index in [1.807, 2.05) is 6.92 Å². The summed E-state index contributed by atoms with van der Waals surface area (Å²) >= 11 is 0. The molecule has 4 heteroatoms. The quantitative estimate of drug-likeness (QED) is 0.711. The first-order chi connectivity index (χ1) is 6.59. The highest BCUT2D eigenvalue weighted by molar-refractivity contribution is 6.05. The maximum Gasteiger partial charge on any atom is 0.264 e. The predicted octanol–water partition coefficient (Wildman–Crippen LogP) is 0.656. The molecule has 0 aliphatic carbocycles. The molecule has 1 atom stereocenters. The molecule has 4 nitrogen and oxygen atoms in total. The zero-order chi connectivity index (χ0) is 10.3. The Hall–Kier alpha value is -1.42. The summed E-state index contributed by atoms with van der Waals surface area (Å²) in [4.78, 5) is 17.3. The molecule has 0 spiro atoms. The van der Waals surface area contributed by atoms with Crippen LogP contribution in [0.15, 0.2) is 18.3 Å². The summed E-state index contributed by atoms with van der Waals surface area (Å²) in [6.45, 7) is 3.89. The minimum atomic E-state index is -1.42. The Morgan fingerprint density at radius 1 is 1.64 bits per heavy atom. The lowest BCUT2D eigenvalue weighted by molar-refractivity contribution is -0.134. The van der Waals surface area contributed by atoms with Crippen molar-refractivity contribution in [2.45, 2.75) is 19.4 Å². The number of carbonyl (C=O) groups is 1. The maximum atomic E-state index is 11.8. The van der Waals surface area contributed by atoms with Gasteiger partial charge in [-0.2, -0.15) is 0 Å². The molecule has 2 heterocycles. The average Bonchev–Trinajstić information content (AvgIpc) is 2.37. The van der Waals surface area contributed by atoms with Gasteiger partial charge in [0.2, 0.25) is 0 Å². The van der Waals surface area contributed by atoms with Crippen LogP contribution in [0.5, 0.6) is 0 Å². The molecule has 74 valence electrons. The molecule has 1 N–H and O–H groups in total. The molecule has 0 radical (unpaired) electrons. The standard InChI is InChI=1S/C10H12N2O2/c1-3-12-8-7(5-4-6-11-8)10(2,14)9(12)13/h4-6,14H,3H2,1-2H3. The van der Waals surface area contributed by atoms with Gasteiger partial charge in [0.15, 0.2) is 5.60 Å². The van der Waals surface area contributed by atoms with Crippen molar-refractivity contribution < 1.29 is 9.90 Å². The van der Waals surface area contributed by atoms with Gasteiger partial charge < -0.3 is 5.11 Å². The van der Waals surface area contributed by atoms with Gasteiger partial charge in [-0.25, -0.2) is 4.98 Å². The van der Waals surface area contributed by atoms with Crippen LogP contribution in [-0.4, -0.2) is 22.5 Å². The highest BCUT2D eigenvalue weighted by Crippen LogP contribution is 2.37. The predicted molar refractivity (Wildman–Crippen MR) is 51.8 cm³/mol. The van der Waals surface area contributed by atoms with Crippen molar-refractivity contribution in [1.29, 1.82) is 0 Å². The summed E-state index contributed by atoms with van der Waals surface area (Å²) in [7, 11) is 0. The molecule has 1 amide bonds. The second kappa shape index (κ2) is 2.78. The smallest absolute Gasteiger partial charge is 0.264 e. The van der Waals surface area contributed by atoms with E-state index in [9.17, 15) is 9.90 Å². The van der Waals surface area contributed by atoms with Crippen molar-refractivity contribution in [2.75, 3.05) is 11.4 Å². The van der Waals surface area contributed by atoms with Gasteiger partial charge in [-0.1, -0.05) is 6.07 Å². The third-order valence-electron chi connectivity index (χ3n) is 2.54. The lowest BCUT2D eigenvalue weighted by Gasteiger charge is -2.16. The second-order valence-corrected chi connectivity index (χ2v) is 3.50. The van der Waals surface area contributed by atoms with Gasteiger partial charge in [-0.15, -0.1) is 0 Å². The third-order valence-corrected chi connectivity index (χ3v) is 2.54. The van der Waals surface area contributed by atoms with Gasteiger partial charge >= 0.3 is 0 Å². The molecule has 1 unspecified atom stereocenters. The first-order valence-electron chi connectivity index (χ1n) is 4.59. The SMILES string of the molecule is CCN1C(=O)C(C)(O)c2cccnc21. The van der Waals surface area contributed by atoms with E-state index in [2.05, 4.69) is 4.98 Å². The fourth-order valence-corrected chi connectivity index (χ4v) is 1.76. The Morgan fingerprint density at radius 3 is 3.00 bits per heavy atom. The number of hydrogen-bond acceptors (Lipinski definition) is 3. The van der Waals surface area contributed by atoms with Crippen molar-refractivity contribution >= 4 is 11.7 Å². The summed E-state index contributed by atoms with van der Waals surface area (Å²) in [5.74, 6) is 0.277. The first-order valence-corrected chi connectivity index (χ1v) is 4.59. The van der Waals surface area contributed by atoms with E-state index in [1.165, 1.54) is 11.8 Å². The number of hydrogen-bond donors (Lipinski definition) is 1. The molecule has 0 saturated carbocycles. The number of aliphatic hydroxyl groups is 1. The van der Waals surface area contributed by atoms with E-state index in [1.54, 1.807) is 18.3 Å². The van der Waals surface area contributed by atoms with E-state index in [4.69, 9.17) is 0 Å². The van der Waals surface area contributed by atoms with Crippen LogP contribution in [0.4, 0.5) is 5.82 Å².